The quantitative estimate of drug-likeness (QED) is 0.419. The molecular weight excluding hydrogens is 434 g/mol. The smallest absolute Gasteiger partial charge is 0.350 e. The van der Waals surface area contributed by atoms with Gasteiger partial charge in [-0.3, -0.25) is 4.79 Å². The molecule has 0 bridgehead atoms. The minimum atomic E-state index is -0.447. The molecule has 0 unspecified atom stereocenters. The van der Waals surface area contributed by atoms with Crippen molar-refractivity contribution < 1.29 is 9.32 Å². The van der Waals surface area contributed by atoms with Gasteiger partial charge in [0.2, 0.25) is 11.7 Å². The van der Waals surface area contributed by atoms with E-state index in [9.17, 15) is 9.59 Å². The van der Waals surface area contributed by atoms with Crippen LogP contribution < -0.4 is 15.9 Å². The first-order chi connectivity index (χ1) is 16.5. The number of nitrogens with zero attached hydrogens (tertiary/aromatic N) is 6. The zero-order valence-electron chi connectivity index (χ0n) is 18.5. The number of benzene rings is 2. The van der Waals surface area contributed by atoms with Gasteiger partial charge in [-0.15, -0.1) is 5.10 Å². The maximum absolute atomic E-state index is 12.9. The number of aromatic nitrogens is 5. The Hall–Kier alpha value is -4.73. The van der Waals surface area contributed by atoms with Crippen LogP contribution in [0.1, 0.15) is 0 Å². The van der Waals surface area contributed by atoms with Crippen molar-refractivity contribution in [2.45, 2.75) is 6.54 Å². The first-order valence-corrected chi connectivity index (χ1v) is 10.5. The topological polar surface area (TPSA) is 111 Å². The van der Waals surface area contributed by atoms with Crippen molar-refractivity contribution in [1.29, 1.82) is 0 Å². The minimum Gasteiger partial charge on any atom is -0.378 e. The maximum atomic E-state index is 12.9. The molecular formula is C24H21N7O3. The van der Waals surface area contributed by atoms with Crippen LogP contribution in [0.4, 0.5) is 11.4 Å². The third-order valence-corrected chi connectivity index (χ3v) is 5.26. The monoisotopic (exact) mass is 455 g/mol. The van der Waals surface area contributed by atoms with Gasteiger partial charge in [0.05, 0.1) is 5.56 Å². The van der Waals surface area contributed by atoms with Crippen LogP contribution >= 0.6 is 0 Å². The number of carbonyl (C=O) groups is 1. The third kappa shape index (κ3) is 4.04. The molecule has 5 aromatic rings. The van der Waals surface area contributed by atoms with E-state index in [1.165, 1.54) is 4.40 Å². The number of carbonyl (C=O) groups excluding carboxylic acids is 1. The predicted octanol–water partition coefficient (Wildman–Crippen LogP) is 2.92. The zero-order chi connectivity index (χ0) is 23.7. The van der Waals surface area contributed by atoms with Crippen molar-refractivity contribution in [2.24, 2.45) is 0 Å². The lowest BCUT2D eigenvalue weighted by molar-refractivity contribution is -0.117. The molecule has 0 aliphatic heterocycles. The Labute approximate surface area is 194 Å². The highest BCUT2D eigenvalue weighted by Crippen LogP contribution is 2.24. The average molecular weight is 455 g/mol. The second-order valence-corrected chi connectivity index (χ2v) is 7.83. The lowest BCUT2D eigenvalue weighted by atomic mass is 10.2. The van der Waals surface area contributed by atoms with Crippen molar-refractivity contribution in [2.75, 3.05) is 24.3 Å². The molecule has 0 saturated heterocycles. The van der Waals surface area contributed by atoms with E-state index in [-0.39, 0.29) is 18.3 Å². The molecule has 5 rings (SSSR count). The van der Waals surface area contributed by atoms with Crippen LogP contribution in [-0.2, 0) is 11.3 Å². The highest BCUT2D eigenvalue weighted by Gasteiger charge is 2.18. The summed E-state index contributed by atoms with van der Waals surface area (Å²) in [5, 5.41) is 11.2. The van der Waals surface area contributed by atoms with Gasteiger partial charge in [-0.05, 0) is 36.4 Å². The average Bonchev–Trinajstić information content (AvgIpc) is 3.45. The van der Waals surface area contributed by atoms with Crippen LogP contribution in [0.15, 0.2) is 82.2 Å². The summed E-state index contributed by atoms with van der Waals surface area (Å²) in [6.45, 7) is -0.242. The molecule has 0 radical (unpaired) electrons. The van der Waals surface area contributed by atoms with Crippen LogP contribution in [0.25, 0.3) is 28.5 Å². The Kier molecular flexibility index (Phi) is 5.38. The van der Waals surface area contributed by atoms with Gasteiger partial charge >= 0.3 is 5.69 Å². The fraction of sp³-hybridized carbons (Fsp3) is 0.125. The molecule has 0 aliphatic carbocycles. The van der Waals surface area contributed by atoms with Gasteiger partial charge in [0.25, 0.3) is 5.89 Å². The zero-order valence-corrected chi connectivity index (χ0v) is 18.5. The molecule has 3 heterocycles. The van der Waals surface area contributed by atoms with E-state index >= 15 is 0 Å². The van der Waals surface area contributed by atoms with Crippen LogP contribution in [-0.4, -0.2) is 44.3 Å². The largest absolute Gasteiger partial charge is 0.378 e. The molecule has 0 atom stereocenters. The lowest BCUT2D eigenvalue weighted by Crippen LogP contribution is -2.28. The highest BCUT2D eigenvalue weighted by molar-refractivity contribution is 5.90. The molecule has 0 saturated carbocycles. The number of hydrogen-bond acceptors (Lipinski definition) is 7. The van der Waals surface area contributed by atoms with E-state index in [4.69, 9.17) is 4.52 Å². The van der Waals surface area contributed by atoms with E-state index in [1.54, 1.807) is 30.5 Å². The van der Waals surface area contributed by atoms with E-state index in [0.29, 0.717) is 22.7 Å². The van der Waals surface area contributed by atoms with E-state index in [0.717, 1.165) is 15.9 Å². The van der Waals surface area contributed by atoms with E-state index < -0.39 is 5.69 Å². The number of pyridine rings is 1. The third-order valence-electron chi connectivity index (χ3n) is 5.26. The Morgan fingerprint density at radius 3 is 2.53 bits per heavy atom. The highest BCUT2D eigenvalue weighted by atomic mass is 16.5. The van der Waals surface area contributed by atoms with Crippen molar-refractivity contribution in [3.8, 4) is 22.8 Å². The SMILES string of the molecule is CN(C)c1ccc(NC(=O)Cn2nc3c(-c4nc(-c5ccccc5)no4)cccn3c2=O)cc1. The van der Waals surface area contributed by atoms with Gasteiger partial charge in [0.15, 0.2) is 5.65 Å². The van der Waals surface area contributed by atoms with Crippen LogP contribution in [0.5, 0.6) is 0 Å². The summed E-state index contributed by atoms with van der Waals surface area (Å²) in [7, 11) is 3.88. The molecule has 3 aromatic heterocycles. The molecule has 170 valence electrons. The number of rotatable bonds is 6. The summed E-state index contributed by atoms with van der Waals surface area (Å²) in [5.74, 6) is 0.292. The summed E-state index contributed by atoms with van der Waals surface area (Å²) in [6, 6.07) is 20.2. The number of nitrogens with one attached hydrogen (secondary N) is 1. The van der Waals surface area contributed by atoms with Gasteiger partial charge < -0.3 is 14.7 Å². The second kappa shape index (κ2) is 8.66. The molecule has 34 heavy (non-hydrogen) atoms. The van der Waals surface area contributed by atoms with Crippen molar-refractivity contribution >= 4 is 22.9 Å². The Bertz CT molecular complexity index is 1520. The number of fused-ring (bicyclic) bond motifs is 1. The fourth-order valence-electron chi connectivity index (χ4n) is 3.52. The number of amides is 1. The van der Waals surface area contributed by atoms with Crippen molar-refractivity contribution in [3.63, 3.8) is 0 Å². The summed E-state index contributed by atoms with van der Waals surface area (Å²) in [6.07, 6.45) is 1.58. The molecule has 1 N–H and O–H groups in total. The Morgan fingerprint density at radius 2 is 1.79 bits per heavy atom. The predicted molar refractivity (Wildman–Crippen MR) is 128 cm³/mol. The summed E-state index contributed by atoms with van der Waals surface area (Å²) >= 11 is 0. The Balaban J connectivity index is 1.40. The first-order valence-electron chi connectivity index (χ1n) is 10.5. The molecule has 0 aliphatic rings. The maximum Gasteiger partial charge on any atom is 0.350 e. The van der Waals surface area contributed by atoms with Crippen LogP contribution in [0.2, 0.25) is 0 Å². The molecule has 1 amide bonds. The van der Waals surface area contributed by atoms with Crippen molar-refractivity contribution in [1.82, 2.24) is 24.3 Å². The van der Waals surface area contributed by atoms with Gasteiger partial charge in [-0.2, -0.15) is 4.98 Å². The van der Waals surface area contributed by atoms with Gasteiger partial charge in [0, 0.05) is 37.2 Å². The number of anilines is 2. The number of hydrogen-bond donors (Lipinski definition) is 1. The second-order valence-electron chi connectivity index (χ2n) is 7.83. The van der Waals surface area contributed by atoms with Gasteiger partial charge in [-0.25, -0.2) is 13.9 Å². The molecule has 0 fully saturated rings. The fourth-order valence-corrected chi connectivity index (χ4v) is 3.52. The molecule has 2 aromatic carbocycles. The molecule has 10 heteroatoms. The van der Waals surface area contributed by atoms with Gasteiger partial charge in [0.1, 0.15) is 6.54 Å². The summed E-state index contributed by atoms with van der Waals surface area (Å²) < 4.78 is 7.90. The minimum absolute atomic E-state index is 0.229. The van der Waals surface area contributed by atoms with Crippen molar-refractivity contribution in [3.05, 3.63) is 83.4 Å². The molecule has 10 nitrogen and oxygen atoms in total. The summed E-state index contributed by atoms with van der Waals surface area (Å²) in [5.41, 5.74) is 2.82. The standard InChI is InChI=1S/C24H21N7O3/c1-29(2)18-12-10-17(11-13-18)25-20(32)15-31-24(33)30-14-6-9-19(22(30)27-31)23-26-21(28-34-23)16-7-4-3-5-8-16/h3-14H,15H2,1-2H3,(H,25,32). The summed E-state index contributed by atoms with van der Waals surface area (Å²) in [4.78, 5) is 31.8. The molecule has 0 spiro atoms. The van der Waals surface area contributed by atoms with E-state index in [1.807, 2.05) is 61.5 Å². The normalized spacial score (nSPS) is 11.0. The van der Waals surface area contributed by atoms with Gasteiger partial charge in [-0.1, -0.05) is 35.5 Å². The van der Waals surface area contributed by atoms with Crippen LogP contribution in [0.3, 0.4) is 0 Å². The lowest BCUT2D eigenvalue weighted by Gasteiger charge is -2.13. The van der Waals surface area contributed by atoms with E-state index in [2.05, 4.69) is 20.6 Å². The first kappa shape index (κ1) is 21.1. The van der Waals surface area contributed by atoms with Crippen LogP contribution in [0, 0.1) is 0 Å². The Morgan fingerprint density at radius 1 is 1.03 bits per heavy atom.